The molecule has 4 aliphatic carbocycles. The number of aliphatic imine (C=N–C) groups is 2. The van der Waals surface area contributed by atoms with Gasteiger partial charge in [0.05, 0.1) is 46.4 Å². The number of aromatic nitrogens is 2. The molecule has 0 bridgehead atoms. The van der Waals surface area contributed by atoms with Crippen LogP contribution >= 0.6 is 22.7 Å². The molecule has 12 heteroatoms. The first-order valence-electron chi connectivity index (χ1n) is 15.3. The van der Waals surface area contributed by atoms with E-state index in [1.807, 2.05) is 12.1 Å². The lowest BCUT2D eigenvalue weighted by atomic mass is 9.84. The second-order valence-electron chi connectivity index (χ2n) is 12.9. The zero-order chi connectivity index (χ0) is 35.3. The van der Waals surface area contributed by atoms with Crippen molar-refractivity contribution >= 4 is 78.2 Å². The lowest BCUT2D eigenvalue weighted by Gasteiger charge is -2.21. The molecule has 10 nitrogen and oxygen atoms in total. The highest BCUT2D eigenvalue weighted by atomic mass is 32.1. The highest BCUT2D eigenvalue weighted by Crippen LogP contribution is 2.65. The summed E-state index contributed by atoms with van der Waals surface area (Å²) < 4.78 is 0. The standard InChI is InChI=1S/C38H20N8O2S2/c1-37(2)25-26(32-33(37)45-35(50-32)43-27-23(21(15-39)41-5)17-11-7-9-13-19(17)29(27)47)38(3,4)34-31(25)49-36(46-34)44-28-24(22(16-40)42-6)18-12-8-10-14-20(18)30(28)48/h7-14H,1-4H3/b23-21+,24-22?,43-27?,44-28?. The number of ketones is 2. The smallest absolute Gasteiger partial charge is 0.271 e. The van der Waals surface area contributed by atoms with Crippen molar-refractivity contribution in [2.75, 3.05) is 0 Å². The van der Waals surface area contributed by atoms with Crippen molar-refractivity contribution in [1.82, 2.24) is 9.97 Å². The number of fused-ring (bicyclic) bond motifs is 6. The number of carbonyl (C=O) groups excluding carboxylic acids is 2. The van der Waals surface area contributed by atoms with Gasteiger partial charge in [-0.15, -0.1) is 0 Å². The number of thiazole rings is 2. The van der Waals surface area contributed by atoms with E-state index < -0.39 is 10.8 Å². The summed E-state index contributed by atoms with van der Waals surface area (Å²) >= 11 is 2.71. The summed E-state index contributed by atoms with van der Waals surface area (Å²) in [4.78, 5) is 54.9. The SMILES string of the molecule is [C-]#[N+]C(C#N)=C1C(=Nc2nc3c(s2)C2=C(c4sc(N=C5C(=O)c6ccccc6/C5=C(/C#N)[N+]#[C-])nc4C2(C)C)C3(C)C)C(=O)c2ccccc21. The van der Waals surface area contributed by atoms with Crippen LogP contribution in [0.1, 0.15) is 80.7 Å². The fourth-order valence-electron chi connectivity index (χ4n) is 7.25. The molecule has 4 aromatic rings. The van der Waals surface area contributed by atoms with E-state index in [-0.39, 0.29) is 45.5 Å². The van der Waals surface area contributed by atoms with Gasteiger partial charge in [0.2, 0.25) is 21.8 Å². The van der Waals surface area contributed by atoms with Crippen LogP contribution in [0.2, 0.25) is 0 Å². The maximum atomic E-state index is 13.5. The van der Waals surface area contributed by atoms with Crippen LogP contribution in [-0.4, -0.2) is 33.0 Å². The Balaban J connectivity index is 1.24. The number of hydrogen-bond donors (Lipinski definition) is 0. The molecule has 0 aliphatic heterocycles. The third kappa shape index (κ3) is 3.95. The molecule has 2 aromatic carbocycles. The molecular formula is C38H20N8O2S2. The molecule has 2 heterocycles. The van der Waals surface area contributed by atoms with Crippen LogP contribution < -0.4 is 0 Å². The Morgan fingerprint density at radius 2 is 1.04 bits per heavy atom. The predicted molar refractivity (Wildman–Crippen MR) is 191 cm³/mol. The fraction of sp³-hybridized carbons (Fsp3) is 0.158. The van der Waals surface area contributed by atoms with Gasteiger partial charge < -0.3 is 0 Å². The van der Waals surface area contributed by atoms with Crippen LogP contribution in [0.15, 0.2) is 69.9 Å². The molecule has 4 aliphatic rings. The van der Waals surface area contributed by atoms with E-state index in [9.17, 15) is 20.1 Å². The molecule has 0 amide bonds. The maximum absolute atomic E-state index is 13.5. The van der Waals surface area contributed by atoms with E-state index in [1.54, 1.807) is 48.5 Å². The van der Waals surface area contributed by atoms with Gasteiger partial charge in [0.1, 0.15) is 11.4 Å². The van der Waals surface area contributed by atoms with Gasteiger partial charge >= 0.3 is 0 Å². The minimum Gasteiger partial charge on any atom is -0.287 e. The summed E-state index contributed by atoms with van der Waals surface area (Å²) in [6, 6.07) is 17.6. The van der Waals surface area contributed by atoms with Crippen molar-refractivity contribution in [2.24, 2.45) is 9.98 Å². The Bertz CT molecular complexity index is 2470. The number of carbonyl (C=O) groups is 2. The van der Waals surface area contributed by atoms with Crippen LogP contribution in [0.3, 0.4) is 0 Å². The van der Waals surface area contributed by atoms with Crippen molar-refractivity contribution in [2.45, 2.75) is 38.5 Å². The molecule has 8 rings (SSSR count). The van der Waals surface area contributed by atoms with Gasteiger partial charge in [0, 0.05) is 33.1 Å². The summed E-state index contributed by atoms with van der Waals surface area (Å²) in [6.45, 7) is 23.4. The molecule has 2 aromatic heterocycles. The van der Waals surface area contributed by atoms with E-state index in [0.717, 1.165) is 32.3 Å². The van der Waals surface area contributed by atoms with Crippen LogP contribution in [0.25, 0.3) is 32.0 Å². The largest absolute Gasteiger partial charge is 0.287 e. The second kappa shape index (κ2) is 10.5. The van der Waals surface area contributed by atoms with Crippen molar-refractivity contribution in [3.05, 3.63) is 126 Å². The van der Waals surface area contributed by atoms with E-state index in [1.165, 1.54) is 22.7 Å². The van der Waals surface area contributed by atoms with Crippen molar-refractivity contribution in [3.8, 4) is 12.1 Å². The molecular weight excluding hydrogens is 665 g/mol. The first kappa shape index (κ1) is 30.9. The molecule has 0 saturated carbocycles. The normalized spacial score (nSPS) is 20.8. The van der Waals surface area contributed by atoms with Gasteiger partial charge in [-0.1, -0.05) is 98.9 Å². The molecule has 236 valence electrons. The Kier molecular flexibility index (Phi) is 6.50. The van der Waals surface area contributed by atoms with Gasteiger partial charge in [-0.05, 0) is 22.3 Å². The molecule has 0 fully saturated rings. The Hall–Kier alpha value is -6.44. The van der Waals surface area contributed by atoms with Crippen LogP contribution in [0.5, 0.6) is 0 Å². The second-order valence-corrected chi connectivity index (χ2v) is 14.9. The van der Waals surface area contributed by atoms with E-state index in [0.29, 0.717) is 32.5 Å². The van der Waals surface area contributed by atoms with Crippen molar-refractivity contribution < 1.29 is 9.59 Å². The molecule has 50 heavy (non-hydrogen) atoms. The number of rotatable bonds is 2. The van der Waals surface area contributed by atoms with Crippen molar-refractivity contribution in [1.29, 1.82) is 10.5 Å². The van der Waals surface area contributed by atoms with Crippen LogP contribution in [-0.2, 0) is 10.8 Å². The Morgan fingerprint density at radius 1 is 0.680 bits per heavy atom. The molecule has 0 atom stereocenters. The average Bonchev–Trinajstić information content (AvgIpc) is 3.91. The fourth-order valence-corrected chi connectivity index (χ4v) is 9.88. The van der Waals surface area contributed by atoms with Crippen LogP contribution in [0, 0.1) is 35.8 Å². The van der Waals surface area contributed by atoms with Crippen LogP contribution in [0.4, 0.5) is 10.3 Å². The van der Waals surface area contributed by atoms with E-state index in [2.05, 4.69) is 37.4 Å². The average molecular weight is 685 g/mol. The van der Waals surface area contributed by atoms with Gasteiger partial charge in [0.15, 0.2) is 0 Å². The first-order chi connectivity index (χ1) is 24.0. The summed E-state index contributed by atoms with van der Waals surface area (Å²) in [5, 5.41) is 20.1. The Labute approximate surface area is 294 Å². The molecule has 0 spiro atoms. The van der Waals surface area contributed by atoms with E-state index in [4.69, 9.17) is 33.1 Å². The monoisotopic (exact) mass is 684 g/mol. The Morgan fingerprint density at radius 3 is 1.38 bits per heavy atom. The van der Waals surface area contributed by atoms with Gasteiger partial charge in [-0.25, -0.2) is 40.2 Å². The third-order valence-corrected chi connectivity index (χ3v) is 11.4. The van der Waals surface area contributed by atoms with Gasteiger partial charge in [-0.3, -0.25) is 9.59 Å². The topological polar surface area (TPSA) is 141 Å². The minimum absolute atomic E-state index is 0.0307. The molecule has 0 N–H and O–H groups in total. The lowest BCUT2D eigenvalue weighted by Crippen LogP contribution is -2.18. The highest BCUT2D eigenvalue weighted by molar-refractivity contribution is 7.18. The molecule has 0 radical (unpaired) electrons. The highest BCUT2D eigenvalue weighted by Gasteiger charge is 2.54. The molecule has 0 unspecified atom stereocenters. The molecule has 0 saturated heterocycles. The zero-order valence-electron chi connectivity index (χ0n) is 26.8. The summed E-state index contributed by atoms with van der Waals surface area (Å²) in [5.41, 5.74) is 4.43. The van der Waals surface area contributed by atoms with E-state index >= 15 is 0 Å². The number of benzene rings is 2. The lowest BCUT2D eigenvalue weighted by molar-refractivity contribution is 0.106. The summed E-state index contributed by atoms with van der Waals surface area (Å²) in [5.74, 6) is -0.716. The first-order valence-corrected chi connectivity index (χ1v) is 16.9. The van der Waals surface area contributed by atoms with Crippen molar-refractivity contribution in [3.63, 3.8) is 0 Å². The number of nitriles is 2. The number of Topliss-reactive ketones (excluding diaryl/α,β-unsaturated/α-hetero) is 2. The summed E-state index contributed by atoms with van der Waals surface area (Å²) in [6.07, 6.45) is 0. The van der Waals surface area contributed by atoms with Gasteiger partial charge in [-0.2, -0.15) is 0 Å². The third-order valence-electron chi connectivity index (χ3n) is 9.48. The zero-order valence-corrected chi connectivity index (χ0v) is 28.5. The number of hydrogen-bond acceptors (Lipinski definition) is 10. The number of allylic oxidation sites excluding steroid dienone is 6. The quantitative estimate of drug-likeness (QED) is 0.154. The maximum Gasteiger partial charge on any atom is 0.271 e. The summed E-state index contributed by atoms with van der Waals surface area (Å²) in [7, 11) is 0. The number of nitrogens with zero attached hydrogens (tertiary/aromatic N) is 8. The minimum atomic E-state index is -0.586. The van der Waals surface area contributed by atoms with Gasteiger partial charge in [0.25, 0.3) is 11.4 Å². The predicted octanol–water partition coefficient (Wildman–Crippen LogP) is 8.34.